The smallest absolute Gasteiger partial charge is 0.157 e. The predicted octanol–water partition coefficient (Wildman–Crippen LogP) is -0.593. The molecule has 0 bridgehead atoms. The fraction of sp³-hybridized carbons (Fsp3) is 0.800. The summed E-state index contributed by atoms with van der Waals surface area (Å²) in [7, 11) is -1.60. The van der Waals surface area contributed by atoms with E-state index in [1.807, 2.05) is 0 Å². The molecule has 2 N–H and O–H groups in total. The van der Waals surface area contributed by atoms with Gasteiger partial charge in [0.25, 0.3) is 0 Å². The van der Waals surface area contributed by atoms with Crippen LogP contribution in [0.15, 0.2) is 4.99 Å². The quantitative estimate of drug-likeness (QED) is 0.438. The number of hydrogen-bond acceptors (Lipinski definition) is 3. The molecule has 60 valence electrons. The Morgan fingerprint density at radius 3 is 2.10 bits per heavy atom. The Morgan fingerprint density at radius 1 is 1.60 bits per heavy atom. The lowest BCUT2D eigenvalue weighted by molar-refractivity contribution is 0.598. The van der Waals surface area contributed by atoms with Gasteiger partial charge in [-0.15, -0.1) is 0 Å². The van der Waals surface area contributed by atoms with Crippen LogP contribution in [0.4, 0.5) is 0 Å². The summed E-state index contributed by atoms with van der Waals surface area (Å²) in [5, 5.41) is -0.669. The zero-order valence-electron chi connectivity index (χ0n) is 6.33. The summed E-state index contributed by atoms with van der Waals surface area (Å²) in [4.78, 5) is 3.57. The average Bonchev–Trinajstić information content (AvgIpc) is 1.83. The summed E-state index contributed by atoms with van der Waals surface area (Å²) < 4.78 is 21.5. The summed E-state index contributed by atoms with van der Waals surface area (Å²) in [6.07, 6.45) is 1.13. The topological polar surface area (TPSA) is 72.5 Å². The maximum atomic E-state index is 10.8. The number of hydrogen-bond donors (Lipinski definition) is 1. The van der Waals surface area contributed by atoms with E-state index >= 15 is 0 Å². The van der Waals surface area contributed by atoms with Crippen LogP contribution in [0.1, 0.15) is 6.92 Å². The molecule has 0 aromatic rings. The van der Waals surface area contributed by atoms with E-state index in [1.54, 1.807) is 0 Å². The summed E-state index contributed by atoms with van der Waals surface area (Å²) in [5.41, 5.74) is 5.27. The first-order valence-electron chi connectivity index (χ1n) is 2.80. The van der Waals surface area contributed by atoms with Crippen LogP contribution < -0.4 is 5.73 Å². The second kappa shape index (κ2) is 3.01. The molecule has 0 saturated carbocycles. The monoisotopic (exact) mass is 164 g/mol. The predicted molar refractivity (Wildman–Crippen MR) is 41.9 cm³/mol. The molecule has 0 aromatic heterocycles. The second-order valence-electron chi connectivity index (χ2n) is 2.12. The van der Waals surface area contributed by atoms with Crippen LogP contribution in [0.25, 0.3) is 0 Å². The maximum Gasteiger partial charge on any atom is 0.157 e. The summed E-state index contributed by atoms with van der Waals surface area (Å²) in [6, 6.07) is 0. The Kier molecular flexibility index (Phi) is 2.83. The molecule has 4 nitrogen and oxygen atoms in total. The van der Waals surface area contributed by atoms with Crippen molar-refractivity contribution in [3.8, 4) is 0 Å². The SMILES string of the molecule is CN=C(N)C(C)S(C)(=O)=O. The number of rotatable bonds is 2. The molecule has 0 spiro atoms. The van der Waals surface area contributed by atoms with Crippen molar-refractivity contribution in [2.75, 3.05) is 13.3 Å². The molecule has 0 fully saturated rings. The number of aliphatic imine (C=N–C) groups is 1. The lowest BCUT2D eigenvalue weighted by Gasteiger charge is -2.06. The first kappa shape index (κ1) is 9.42. The van der Waals surface area contributed by atoms with Crippen LogP contribution in [-0.2, 0) is 9.84 Å². The van der Waals surface area contributed by atoms with E-state index in [4.69, 9.17) is 5.73 Å². The van der Waals surface area contributed by atoms with E-state index in [0.717, 1.165) is 6.26 Å². The van der Waals surface area contributed by atoms with Gasteiger partial charge in [0.1, 0.15) is 11.1 Å². The highest BCUT2D eigenvalue weighted by Crippen LogP contribution is 1.96. The Balaban J connectivity index is 4.55. The van der Waals surface area contributed by atoms with E-state index in [-0.39, 0.29) is 5.84 Å². The van der Waals surface area contributed by atoms with E-state index in [9.17, 15) is 8.42 Å². The van der Waals surface area contributed by atoms with Gasteiger partial charge in [-0.1, -0.05) is 0 Å². The van der Waals surface area contributed by atoms with Crippen molar-refractivity contribution in [2.45, 2.75) is 12.2 Å². The molecule has 10 heavy (non-hydrogen) atoms. The molecule has 0 rings (SSSR count). The van der Waals surface area contributed by atoms with E-state index < -0.39 is 15.1 Å². The minimum absolute atomic E-state index is 0.155. The van der Waals surface area contributed by atoms with Gasteiger partial charge in [-0.25, -0.2) is 8.42 Å². The first-order valence-corrected chi connectivity index (χ1v) is 4.76. The number of nitrogens with two attached hydrogens (primary N) is 1. The van der Waals surface area contributed by atoms with Gasteiger partial charge in [0.05, 0.1) is 0 Å². The second-order valence-corrected chi connectivity index (χ2v) is 4.49. The van der Waals surface area contributed by atoms with Crippen molar-refractivity contribution in [3.63, 3.8) is 0 Å². The van der Waals surface area contributed by atoms with Gasteiger partial charge < -0.3 is 5.73 Å². The van der Waals surface area contributed by atoms with Crippen molar-refractivity contribution in [2.24, 2.45) is 10.7 Å². The van der Waals surface area contributed by atoms with Gasteiger partial charge in [-0.05, 0) is 6.92 Å². The Morgan fingerprint density at radius 2 is 2.00 bits per heavy atom. The Hall–Kier alpha value is -0.580. The molecule has 0 aliphatic carbocycles. The number of sulfone groups is 1. The molecule has 1 unspecified atom stereocenters. The number of amidine groups is 1. The van der Waals surface area contributed by atoms with Gasteiger partial charge in [-0.3, -0.25) is 4.99 Å². The molecule has 0 amide bonds. The highest BCUT2D eigenvalue weighted by atomic mass is 32.2. The van der Waals surface area contributed by atoms with E-state index in [0.29, 0.717) is 0 Å². The molecule has 1 atom stereocenters. The minimum Gasteiger partial charge on any atom is -0.386 e. The molecular weight excluding hydrogens is 152 g/mol. The summed E-state index contributed by atoms with van der Waals surface area (Å²) >= 11 is 0. The largest absolute Gasteiger partial charge is 0.386 e. The zero-order valence-corrected chi connectivity index (χ0v) is 7.14. The van der Waals surface area contributed by atoms with Gasteiger partial charge >= 0.3 is 0 Å². The highest BCUT2D eigenvalue weighted by Gasteiger charge is 2.17. The van der Waals surface area contributed by atoms with Crippen molar-refractivity contribution in [3.05, 3.63) is 0 Å². The standard InChI is InChI=1S/C5H12N2O2S/c1-4(5(6)7-2)10(3,8)9/h4H,1-3H3,(H2,6,7). The fourth-order valence-electron chi connectivity index (χ4n) is 0.401. The number of nitrogens with zero attached hydrogens (tertiary/aromatic N) is 1. The van der Waals surface area contributed by atoms with Crippen molar-refractivity contribution >= 4 is 15.7 Å². The maximum absolute atomic E-state index is 10.8. The molecule has 0 aliphatic rings. The molecule has 0 radical (unpaired) electrons. The molecule has 0 saturated heterocycles. The van der Waals surface area contributed by atoms with Crippen molar-refractivity contribution in [1.82, 2.24) is 0 Å². The molecule has 0 aliphatic heterocycles. The van der Waals surface area contributed by atoms with Gasteiger partial charge in [0.2, 0.25) is 0 Å². The third-order valence-electron chi connectivity index (χ3n) is 1.32. The van der Waals surface area contributed by atoms with Crippen molar-refractivity contribution < 1.29 is 8.42 Å². The van der Waals surface area contributed by atoms with Gasteiger partial charge in [0, 0.05) is 13.3 Å². The van der Waals surface area contributed by atoms with Crippen LogP contribution in [-0.4, -0.2) is 32.8 Å². The van der Waals surface area contributed by atoms with Crippen LogP contribution >= 0.6 is 0 Å². The van der Waals surface area contributed by atoms with E-state index in [2.05, 4.69) is 4.99 Å². The van der Waals surface area contributed by atoms with Crippen LogP contribution in [0, 0.1) is 0 Å². The Labute approximate surface area is 61.1 Å². The lowest BCUT2D eigenvalue weighted by Crippen LogP contribution is -2.32. The van der Waals surface area contributed by atoms with Crippen LogP contribution in [0.5, 0.6) is 0 Å². The summed E-state index contributed by atoms with van der Waals surface area (Å²) in [6.45, 7) is 1.51. The molecular formula is C5H12N2O2S. The first-order chi connectivity index (χ1) is 4.39. The van der Waals surface area contributed by atoms with Crippen LogP contribution in [0.3, 0.4) is 0 Å². The lowest BCUT2D eigenvalue weighted by atomic mass is 10.4. The highest BCUT2D eigenvalue weighted by molar-refractivity contribution is 7.92. The van der Waals surface area contributed by atoms with Gasteiger partial charge in [-0.2, -0.15) is 0 Å². The molecule has 5 heteroatoms. The van der Waals surface area contributed by atoms with E-state index in [1.165, 1.54) is 14.0 Å². The molecule has 0 aromatic carbocycles. The fourth-order valence-corrected chi connectivity index (χ4v) is 0.945. The van der Waals surface area contributed by atoms with Crippen molar-refractivity contribution in [1.29, 1.82) is 0 Å². The minimum atomic E-state index is -3.07. The Bertz CT molecular complexity index is 230. The molecule has 0 heterocycles. The average molecular weight is 164 g/mol. The third-order valence-corrected chi connectivity index (χ3v) is 2.84. The summed E-state index contributed by atoms with van der Waals surface area (Å²) in [5.74, 6) is 0.155. The zero-order chi connectivity index (χ0) is 8.36. The van der Waals surface area contributed by atoms with Gasteiger partial charge in [0.15, 0.2) is 9.84 Å². The normalized spacial score (nSPS) is 16.9. The third kappa shape index (κ3) is 2.34. The van der Waals surface area contributed by atoms with Crippen LogP contribution in [0.2, 0.25) is 0 Å².